The second kappa shape index (κ2) is 5.13. The fourth-order valence-corrected chi connectivity index (χ4v) is 2.28. The average Bonchev–Trinajstić information content (AvgIpc) is 3.08. The Bertz CT molecular complexity index is 892. The Balaban J connectivity index is 1.82. The van der Waals surface area contributed by atoms with Crippen molar-refractivity contribution >= 4 is 22.4 Å². The minimum absolute atomic E-state index is 0.215. The number of amides is 1. The number of rotatable bonds is 3. The molecule has 0 aromatic carbocycles. The van der Waals surface area contributed by atoms with Crippen LogP contribution in [0.15, 0.2) is 28.2 Å². The van der Waals surface area contributed by atoms with Crippen molar-refractivity contribution in [1.82, 2.24) is 30.4 Å². The Morgan fingerprint density at radius 1 is 1.29 bits per heavy atom. The van der Waals surface area contributed by atoms with Crippen molar-refractivity contribution in [1.29, 1.82) is 0 Å². The van der Waals surface area contributed by atoms with E-state index in [1.807, 2.05) is 4.98 Å². The number of H-pyrrole nitrogens is 3. The van der Waals surface area contributed by atoms with Crippen molar-refractivity contribution in [3.63, 3.8) is 0 Å². The maximum Gasteiger partial charge on any atom is 0.325 e. The molecule has 11 heteroatoms. The highest BCUT2D eigenvalue weighted by atomic mass is 32.1. The molecule has 0 fully saturated rings. The summed E-state index contributed by atoms with van der Waals surface area (Å²) in [5.41, 5.74) is -1.08. The summed E-state index contributed by atoms with van der Waals surface area (Å²) in [6.07, 6.45) is 4.09. The normalized spacial score (nSPS) is 10.5. The number of hydrogen-bond acceptors (Lipinski definition) is 7. The van der Waals surface area contributed by atoms with Gasteiger partial charge in [0.2, 0.25) is 0 Å². The zero-order valence-electron chi connectivity index (χ0n) is 10.2. The molecule has 0 atom stereocenters. The zero-order valence-corrected chi connectivity index (χ0v) is 11.0. The molecule has 3 heterocycles. The molecule has 3 aromatic heterocycles. The predicted octanol–water partition coefficient (Wildman–Crippen LogP) is -0.443. The summed E-state index contributed by atoms with van der Waals surface area (Å²) in [5, 5.41) is 12.8. The quantitative estimate of drug-likeness (QED) is 0.515. The lowest BCUT2D eigenvalue weighted by Crippen LogP contribution is -2.29. The van der Waals surface area contributed by atoms with Gasteiger partial charge in [-0.05, 0) is 0 Å². The van der Waals surface area contributed by atoms with Gasteiger partial charge in [0, 0.05) is 12.4 Å². The molecule has 10 nitrogen and oxygen atoms in total. The van der Waals surface area contributed by atoms with E-state index < -0.39 is 17.2 Å². The SMILES string of the molecule is O=C(Nc1ncc(-c2cn[nH]n2)s1)c1c[nH]c(=O)[nH]c1=O. The van der Waals surface area contributed by atoms with Crippen LogP contribution in [-0.2, 0) is 0 Å². The van der Waals surface area contributed by atoms with Crippen LogP contribution in [0.5, 0.6) is 0 Å². The smallest absolute Gasteiger partial charge is 0.313 e. The fraction of sp³-hybridized carbons (Fsp3) is 0. The number of aromatic nitrogens is 6. The van der Waals surface area contributed by atoms with E-state index in [0.717, 1.165) is 6.20 Å². The van der Waals surface area contributed by atoms with Crippen molar-refractivity contribution in [2.24, 2.45) is 0 Å². The molecule has 0 bridgehead atoms. The van der Waals surface area contributed by atoms with Crippen LogP contribution in [0.4, 0.5) is 5.13 Å². The average molecular weight is 305 g/mol. The van der Waals surface area contributed by atoms with E-state index in [1.54, 1.807) is 0 Å². The highest BCUT2D eigenvalue weighted by molar-refractivity contribution is 7.19. The first-order valence-corrected chi connectivity index (χ1v) is 6.40. The molecule has 0 aliphatic rings. The van der Waals surface area contributed by atoms with Gasteiger partial charge in [0.25, 0.3) is 11.5 Å². The van der Waals surface area contributed by atoms with Crippen molar-refractivity contribution in [2.75, 3.05) is 5.32 Å². The summed E-state index contributed by atoms with van der Waals surface area (Å²) in [6.45, 7) is 0. The second-order valence-corrected chi connectivity index (χ2v) is 4.86. The Kier molecular flexibility index (Phi) is 3.16. The van der Waals surface area contributed by atoms with Crippen LogP contribution in [0.2, 0.25) is 0 Å². The second-order valence-electron chi connectivity index (χ2n) is 3.82. The van der Waals surface area contributed by atoms with E-state index in [2.05, 4.69) is 30.7 Å². The summed E-state index contributed by atoms with van der Waals surface area (Å²) in [7, 11) is 0. The summed E-state index contributed by atoms with van der Waals surface area (Å²) >= 11 is 1.17. The number of nitrogens with zero attached hydrogens (tertiary/aromatic N) is 3. The van der Waals surface area contributed by atoms with Crippen LogP contribution in [0, 0.1) is 0 Å². The number of nitrogens with one attached hydrogen (secondary N) is 4. The Morgan fingerprint density at radius 2 is 2.14 bits per heavy atom. The molecule has 0 spiro atoms. The lowest BCUT2D eigenvalue weighted by molar-refractivity contribution is 0.102. The third-order valence-electron chi connectivity index (χ3n) is 2.46. The zero-order chi connectivity index (χ0) is 14.8. The van der Waals surface area contributed by atoms with Gasteiger partial charge in [0.05, 0.1) is 11.1 Å². The maximum atomic E-state index is 11.9. The van der Waals surface area contributed by atoms with E-state index in [4.69, 9.17) is 0 Å². The standard InChI is InChI=1S/C10H7N7O3S/c18-7-4(1-11-9(20)14-7)8(19)15-10-12-3-6(21-10)5-2-13-17-16-5/h1-3H,(H,12,15,19)(H,13,16,17)(H2,11,14,18,20). The minimum Gasteiger partial charge on any atom is -0.313 e. The van der Waals surface area contributed by atoms with Gasteiger partial charge >= 0.3 is 5.69 Å². The minimum atomic E-state index is -0.774. The highest BCUT2D eigenvalue weighted by Crippen LogP contribution is 2.26. The topological polar surface area (TPSA) is 149 Å². The van der Waals surface area contributed by atoms with Crippen LogP contribution in [0.25, 0.3) is 10.6 Å². The lowest BCUT2D eigenvalue weighted by Gasteiger charge is -1.99. The number of carbonyl (C=O) groups excluding carboxylic acids is 1. The Labute approximate surface area is 119 Å². The summed E-state index contributed by atoms with van der Waals surface area (Å²) in [5.74, 6) is -0.673. The number of aromatic amines is 3. The van der Waals surface area contributed by atoms with E-state index in [-0.39, 0.29) is 5.56 Å². The van der Waals surface area contributed by atoms with Crippen LogP contribution >= 0.6 is 11.3 Å². The highest BCUT2D eigenvalue weighted by Gasteiger charge is 2.14. The number of carbonyl (C=O) groups is 1. The molecule has 3 rings (SSSR count). The van der Waals surface area contributed by atoms with Crippen molar-refractivity contribution < 1.29 is 4.79 Å². The van der Waals surface area contributed by atoms with Gasteiger partial charge in [-0.1, -0.05) is 11.3 Å². The third kappa shape index (κ3) is 2.62. The van der Waals surface area contributed by atoms with Crippen LogP contribution in [-0.4, -0.2) is 36.3 Å². The molecular weight excluding hydrogens is 298 g/mol. The van der Waals surface area contributed by atoms with Gasteiger partial charge < -0.3 is 4.98 Å². The van der Waals surface area contributed by atoms with Gasteiger partial charge in [-0.15, -0.1) is 0 Å². The molecule has 0 aliphatic carbocycles. The first-order valence-electron chi connectivity index (χ1n) is 5.59. The van der Waals surface area contributed by atoms with Gasteiger partial charge in [-0.2, -0.15) is 15.4 Å². The monoisotopic (exact) mass is 305 g/mol. The van der Waals surface area contributed by atoms with E-state index in [1.165, 1.54) is 23.7 Å². The molecular formula is C10H7N7O3S. The maximum absolute atomic E-state index is 11.9. The van der Waals surface area contributed by atoms with Gasteiger partial charge in [0.15, 0.2) is 5.13 Å². The lowest BCUT2D eigenvalue weighted by atomic mass is 10.3. The first kappa shape index (κ1) is 12.9. The summed E-state index contributed by atoms with van der Waals surface area (Å²) < 4.78 is 0. The predicted molar refractivity (Wildman–Crippen MR) is 73.1 cm³/mol. The van der Waals surface area contributed by atoms with E-state index >= 15 is 0 Å². The Hall–Kier alpha value is -3.08. The summed E-state index contributed by atoms with van der Waals surface area (Å²) in [6, 6.07) is 0. The molecule has 0 unspecified atom stereocenters. The van der Waals surface area contributed by atoms with Crippen LogP contribution in [0.1, 0.15) is 10.4 Å². The van der Waals surface area contributed by atoms with Crippen molar-refractivity contribution in [2.45, 2.75) is 0 Å². The molecule has 4 N–H and O–H groups in total. The van der Waals surface area contributed by atoms with E-state index in [0.29, 0.717) is 15.7 Å². The Morgan fingerprint density at radius 3 is 2.86 bits per heavy atom. The molecule has 0 saturated heterocycles. The van der Waals surface area contributed by atoms with Gasteiger partial charge in [-0.25, -0.2) is 9.78 Å². The molecule has 0 saturated carbocycles. The van der Waals surface area contributed by atoms with E-state index in [9.17, 15) is 14.4 Å². The molecule has 1 amide bonds. The number of hydrogen-bond donors (Lipinski definition) is 4. The van der Waals surface area contributed by atoms with Crippen molar-refractivity contribution in [3.05, 3.63) is 45.0 Å². The van der Waals surface area contributed by atoms with Gasteiger partial charge in [-0.3, -0.25) is 19.9 Å². The number of thiazole rings is 1. The van der Waals surface area contributed by atoms with Crippen LogP contribution in [0.3, 0.4) is 0 Å². The largest absolute Gasteiger partial charge is 0.325 e. The molecule has 21 heavy (non-hydrogen) atoms. The number of anilines is 1. The van der Waals surface area contributed by atoms with Gasteiger partial charge in [0.1, 0.15) is 11.3 Å². The molecule has 3 aromatic rings. The molecule has 0 radical (unpaired) electrons. The molecule has 106 valence electrons. The van der Waals surface area contributed by atoms with Crippen molar-refractivity contribution in [3.8, 4) is 10.6 Å². The molecule has 0 aliphatic heterocycles. The first-order chi connectivity index (χ1) is 10.1. The summed E-state index contributed by atoms with van der Waals surface area (Å²) in [4.78, 5) is 43.2. The van der Waals surface area contributed by atoms with Crippen LogP contribution < -0.4 is 16.6 Å². The fourth-order valence-electron chi connectivity index (χ4n) is 1.51. The third-order valence-corrected chi connectivity index (χ3v) is 3.39.